The van der Waals surface area contributed by atoms with E-state index in [9.17, 15) is 4.39 Å². The third-order valence-corrected chi connectivity index (χ3v) is 3.04. The van der Waals surface area contributed by atoms with Crippen molar-refractivity contribution in [3.63, 3.8) is 0 Å². The summed E-state index contributed by atoms with van der Waals surface area (Å²) in [4.78, 5) is 3.63. The zero-order valence-corrected chi connectivity index (χ0v) is 9.84. The Morgan fingerprint density at radius 3 is 2.75 bits per heavy atom. The van der Waals surface area contributed by atoms with Gasteiger partial charge in [-0.1, -0.05) is 6.07 Å². The molecule has 1 fully saturated rings. The SMILES string of the molecule is Cl.N[C@@H](c1cccnc1F)C1CCNCC1. The van der Waals surface area contributed by atoms with E-state index in [2.05, 4.69) is 10.3 Å². The predicted molar refractivity (Wildman–Crippen MR) is 64.0 cm³/mol. The van der Waals surface area contributed by atoms with Crippen LogP contribution in [-0.2, 0) is 0 Å². The smallest absolute Gasteiger partial charge is 0.217 e. The molecule has 90 valence electrons. The molecular formula is C11H17ClFN3. The van der Waals surface area contributed by atoms with Crippen LogP contribution in [-0.4, -0.2) is 18.1 Å². The van der Waals surface area contributed by atoms with Crippen LogP contribution in [0.25, 0.3) is 0 Å². The zero-order chi connectivity index (χ0) is 10.7. The lowest BCUT2D eigenvalue weighted by molar-refractivity contribution is 0.315. The Hall–Kier alpha value is -0.710. The largest absolute Gasteiger partial charge is 0.324 e. The van der Waals surface area contributed by atoms with Crippen molar-refractivity contribution in [1.29, 1.82) is 0 Å². The van der Waals surface area contributed by atoms with Crippen LogP contribution in [0, 0.1) is 11.9 Å². The molecule has 2 heterocycles. The highest BCUT2D eigenvalue weighted by atomic mass is 35.5. The number of nitrogens with one attached hydrogen (secondary N) is 1. The first-order valence-corrected chi connectivity index (χ1v) is 5.36. The first-order valence-electron chi connectivity index (χ1n) is 5.36. The molecule has 1 aromatic heterocycles. The number of nitrogens with two attached hydrogens (primary N) is 1. The summed E-state index contributed by atoms with van der Waals surface area (Å²) in [6.07, 6.45) is 3.47. The maximum absolute atomic E-state index is 13.4. The second kappa shape index (κ2) is 6.13. The summed E-state index contributed by atoms with van der Waals surface area (Å²) < 4.78 is 13.4. The summed E-state index contributed by atoms with van der Waals surface area (Å²) in [5.74, 6) is -0.0616. The van der Waals surface area contributed by atoms with Crippen LogP contribution in [0.4, 0.5) is 4.39 Å². The van der Waals surface area contributed by atoms with Gasteiger partial charge in [-0.2, -0.15) is 4.39 Å². The first kappa shape index (κ1) is 13.4. The highest BCUT2D eigenvalue weighted by Crippen LogP contribution is 2.27. The minimum atomic E-state index is -0.427. The van der Waals surface area contributed by atoms with Gasteiger partial charge in [0.05, 0.1) is 0 Å². The quantitative estimate of drug-likeness (QED) is 0.779. The highest BCUT2D eigenvalue weighted by molar-refractivity contribution is 5.85. The van der Waals surface area contributed by atoms with E-state index in [4.69, 9.17) is 5.73 Å². The van der Waals surface area contributed by atoms with Gasteiger partial charge in [0.2, 0.25) is 5.95 Å². The molecule has 0 unspecified atom stereocenters. The lowest BCUT2D eigenvalue weighted by Gasteiger charge is -2.28. The molecule has 0 spiro atoms. The van der Waals surface area contributed by atoms with Gasteiger partial charge in [0.25, 0.3) is 0 Å². The Morgan fingerprint density at radius 2 is 2.12 bits per heavy atom. The van der Waals surface area contributed by atoms with Crippen LogP contribution >= 0.6 is 12.4 Å². The number of halogens is 2. The van der Waals surface area contributed by atoms with E-state index in [0.29, 0.717) is 11.5 Å². The van der Waals surface area contributed by atoms with Gasteiger partial charge >= 0.3 is 0 Å². The van der Waals surface area contributed by atoms with Crippen LogP contribution in [0.2, 0.25) is 0 Å². The van der Waals surface area contributed by atoms with E-state index in [1.165, 1.54) is 6.20 Å². The average molecular weight is 246 g/mol. The molecule has 1 atom stereocenters. The van der Waals surface area contributed by atoms with Crippen molar-refractivity contribution in [1.82, 2.24) is 10.3 Å². The maximum Gasteiger partial charge on any atom is 0.217 e. The number of piperidine rings is 1. The molecule has 0 amide bonds. The molecule has 0 radical (unpaired) electrons. The Labute approximate surface area is 101 Å². The Morgan fingerprint density at radius 1 is 1.44 bits per heavy atom. The second-order valence-corrected chi connectivity index (χ2v) is 4.00. The number of nitrogens with zero attached hydrogens (tertiary/aromatic N) is 1. The molecule has 1 aliphatic rings. The summed E-state index contributed by atoms with van der Waals surface area (Å²) in [5, 5.41) is 3.27. The fraction of sp³-hybridized carbons (Fsp3) is 0.545. The van der Waals surface area contributed by atoms with Gasteiger partial charge in [-0.3, -0.25) is 0 Å². The van der Waals surface area contributed by atoms with Gasteiger partial charge in [-0.05, 0) is 37.9 Å². The topological polar surface area (TPSA) is 50.9 Å². The maximum atomic E-state index is 13.4. The van der Waals surface area contributed by atoms with E-state index in [0.717, 1.165) is 25.9 Å². The summed E-state index contributed by atoms with van der Waals surface area (Å²) in [6.45, 7) is 1.94. The normalized spacial score (nSPS) is 18.9. The third-order valence-electron chi connectivity index (χ3n) is 3.04. The molecule has 1 aliphatic heterocycles. The number of aromatic nitrogens is 1. The van der Waals surface area contributed by atoms with Crippen molar-refractivity contribution in [2.45, 2.75) is 18.9 Å². The molecular weight excluding hydrogens is 229 g/mol. The van der Waals surface area contributed by atoms with Crippen molar-refractivity contribution in [3.8, 4) is 0 Å². The van der Waals surface area contributed by atoms with E-state index >= 15 is 0 Å². The van der Waals surface area contributed by atoms with Gasteiger partial charge < -0.3 is 11.1 Å². The van der Waals surface area contributed by atoms with E-state index in [-0.39, 0.29) is 18.4 Å². The summed E-state index contributed by atoms with van der Waals surface area (Å²) in [5.41, 5.74) is 6.61. The van der Waals surface area contributed by atoms with Gasteiger partial charge in [-0.25, -0.2) is 4.98 Å². The van der Waals surface area contributed by atoms with Gasteiger partial charge in [0.15, 0.2) is 0 Å². The molecule has 5 heteroatoms. The molecule has 0 aromatic carbocycles. The van der Waals surface area contributed by atoms with Crippen molar-refractivity contribution in [2.75, 3.05) is 13.1 Å². The first-order chi connectivity index (χ1) is 7.29. The Bertz CT molecular complexity index is 329. The minimum Gasteiger partial charge on any atom is -0.324 e. The number of pyridine rings is 1. The van der Waals surface area contributed by atoms with Gasteiger partial charge in [0.1, 0.15) is 0 Å². The molecule has 16 heavy (non-hydrogen) atoms. The number of rotatable bonds is 2. The predicted octanol–water partition coefficient (Wildman–Crippen LogP) is 1.64. The zero-order valence-electron chi connectivity index (χ0n) is 9.03. The minimum absolute atomic E-state index is 0. The van der Waals surface area contributed by atoms with E-state index in [1.807, 2.05) is 0 Å². The lowest BCUT2D eigenvalue weighted by atomic mass is 9.87. The third kappa shape index (κ3) is 2.90. The lowest BCUT2D eigenvalue weighted by Crippen LogP contribution is -2.34. The van der Waals surface area contributed by atoms with Crippen LogP contribution in [0.1, 0.15) is 24.4 Å². The molecule has 0 aliphatic carbocycles. The van der Waals surface area contributed by atoms with Crippen molar-refractivity contribution >= 4 is 12.4 Å². The molecule has 3 nitrogen and oxygen atoms in total. The van der Waals surface area contributed by atoms with Crippen molar-refractivity contribution in [2.24, 2.45) is 11.7 Å². The molecule has 0 bridgehead atoms. The molecule has 3 N–H and O–H groups in total. The summed E-state index contributed by atoms with van der Waals surface area (Å²) >= 11 is 0. The fourth-order valence-corrected chi connectivity index (χ4v) is 2.10. The van der Waals surface area contributed by atoms with E-state index in [1.54, 1.807) is 12.1 Å². The van der Waals surface area contributed by atoms with Crippen LogP contribution < -0.4 is 11.1 Å². The summed E-state index contributed by atoms with van der Waals surface area (Å²) in [7, 11) is 0. The molecule has 0 saturated carbocycles. The standard InChI is InChI=1S/C11H16FN3.ClH/c12-11-9(2-1-5-15-11)10(13)8-3-6-14-7-4-8;/h1-2,5,8,10,14H,3-4,6-7,13H2;1H/t10-;/m1./s1. The van der Waals surface area contributed by atoms with Gasteiger partial charge in [-0.15, -0.1) is 12.4 Å². The van der Waals surface area contributed by atoms with Crippen LogP contribution in [0.15, 0.2) is 18.3 Å². The van der Waals surface area contributed by atoms with Crippen LogP contribution in [0.3, 0.4) is 0 Å². The number of hydrogen-bond acceptors (Lipinski definition) is 3. The molecule has 1 saturated heterocycles. The molecule has 1 aromatic rings. The van der Waals surface area contributed by atoms with Gasteiger partial charge in [0, 0.05) is 17.8 Å². The fourth-order valence-electron chi connectivity index (χ4n) is 2.10. The monoisotopic (exact) mass is 245 g/mol. The summed E-state index contributed by atoms with van der Waals surface area (Å²) in [6, 6.07) is 3.25. The van der Waals surface area contributed by atoms with E-state index < -0.39 is 5.95 Å². The molecule has 2 rings (SSSR count). The van der Waals surface area contributed by atoms with Crippen molar-refractivity contribution < 1.29 is 4.39 Å². The highest BCUT2D eigenvalue weighted by Gasteiger charge is 2.23. The second-order valence-electron chi connectivity index (χ2n) is 4.00. The average Bonchev–Trinajstić information content (AvgIpc) is 2.30. The number of hydrogen-bond donors (Lipinski definition) is 2. The Balaban J connectivity index is 0.00000128. The Kier molecular flexibility index (Phi) is 5.12. The van der Waals surface area contributed by atoms with Crippen LogP contribution in [0.5, 0.6) is 0 Å². The van der Waals surface area contributed by atoms with Crippen molar-refractivity contribution in [3.05, 3.63) is 29.8 Å².